The molecule has 2 N–H and O–H groups in total. The molecule has 134 valence electrons. The SMILES string of the molecule is CC[C@H](C)Nc1nc(Nc2ccc(I)cc2Cl)cc(-c2ccncc2)n1. The van der Waals surface area contributed by atoms with Crippen LogP contribution in [0.2, 0.25) is 5.02 Å². The Balaban J connectivity index is 1.98. The summed E-state index contributed by atoms with van der Waals surface area (Å²) in [6.45, 7) is 4.22. The fourth-order valence-electron chi connectivity index (χ4n) is 2.30. The number of nitrogens with one attached hydrogen (secondary N) is 2. The summed E-state index contributed by atoms with van der Waals surface area (Å²) in [5.41, 5.74) is 2.60. The van der Waals surface area contributed by atoms with Crippen molar-refractivity contribution >= 4 is 51.6 Å². The first-order chi connectivity index (χ1) is 12.5. The van der Waals surface area contributed by atoms with E-state index in [2.05, 4.69) is 62.0 Å². The summed E-state index contributed by atoms with van der Waals surface area (Å²) in [6.07, 6.45) is 4.49. The summed E-state index contributed by atoms with van der Waals surface area (Å²) in [4.78, 5) is 13.3. The van der Waals surface area contributed by atoms with Crippen LogP contribution in [-0.4, -0.2) is 21.0 Å². The molecular weight excluding hydrogens is 461 g/mol. The van der Waals surface area contributed by atoms with Crippen molar-refractivity contribution in [1.82, 2.24) is 15.0 Å². The molecule has 1 atom stereocenters. The Morgan fingerprint density at radius 1 is 1.12 bits per heavy atom. The first kappa shape index (κ1) is 18.8. The van der Waals surface area contributed by atoms with Crippen molar-refractivity contribution in [3.8, 4) is 11.3 Å². The van der Waals surface area contributed by atoms with Gasteiger partial charge in [0.05, 0.1) is 16.4 Å². The molecule has 0 aliphatic rings. The summed E-state index contributed by atoms with van der Waals surface area (Å²) in [7, 11) is 0. The summed E-state index contributed by atoms with van der Waals surface area (Å²) in [5, 5.41) is 7.29. The molecule has 3 rings (SSSR count). The van der Waals surface area contributed by atoms with Crippen molar-refractivity contribution < 1.29 is 0 Å². The van der Waals surface area contributed by atoms with Crippen molar-refractivity contribution in [2.75, 3.05) is 10.6 Å². The van der Waals surface area contributed by atoms with Gasteiger partial charge in [0.1, 0.15) is 5.82 Å². The second-order valence-electron chi connectivity index (χ2n) is 5.90. The molecular formula is C19H19ClIN5. The second-order valence-corrected chi connectivity index (χ2v) is 7.55. The van der Waals surface area contributed by atoms with Crippen molar-refractivity contribution in [1.29, 1.82) is 0 Å². The number of benzene rings is 1. The highest BCUT2D eigenvalue weighted by atomic mass is 127. The van der Waals surface area contributed by atoms with Crippen LogP contribution in [0.1, 0.15) is 20.3 Å². The van der Waals surface area contributed by atoms with E-state index in [1.165, 1.54) is 0 Å². The van der Waals surface area contributed by atoms with Gasteiger partial charge in [0.25, 0.3) is 0 Å². The average molecular weight is 480 g/mol. The molecule has 3 aromatic rings. The Morgan fingerprint density at radius 2 is 1.88 bits per heavy atom. The zero-order valence-electron chi connectivity index (χ0n) is 14.5. The van der Waals surface area contributed by atoms with Crippen molar-refractivity contribution in [3.63, 3.8) is 0 Å². The van der Waals surface area contributed by atoms with Crippen LogP contribution in [0.4, 0.5) is 17.5 Å². The highest BCUT2D eigenvalue weighted by molar-refractivity contribution is 14.1. The molecule has 26 heavy (non-hydrogen) atoms. The third-order valence-corrected chi connectivity index (χ3v) is 4.87. The summed E-state index contributed by atoms with van der Waals surface area (Å²) >= 11 is 8.58. The lowest BCUT2D eigenvalue weighted by Gasteiger charge is -2.15. The number of rotatable bonds is 6. The third kappa shape index (κ3) is 4.82. The van der Waals surface area contributed by atoms with Gasteiger partial charge in [-0.3, -0.25) is 4.98 Å². The monoisotopic (exact) mass is 479 g/mol. The lowest BCUT2D eigenvalue weighted by atomic mass is 10.2. The van der Waals surface area contributed by atoms with E-state index < -0.39 is 0 Å². The molecule has 1 aromatic carbocycles. The number of aromatic nitrogens is 3. The van der Waals surface area contributed by atoms with E-state index in [0.29, 0.717) is 16.8 Å². The number of anilines is 3. The van der Waals surface area contributed by atoms with Crippen LogP contribution < -0.4 is 10.6 Å². The van der Waals surface area contributed by atoms with Crippen LogP contribution in [0.25, 0.3) is 11.3 Å². The predicted molar refractivity (Wildman–Crippen MR) is 116 cm³/mol. The Hall–Kier alpha value is -1.93. The van der Waals surface area contributed by atoms with E-state index in [4.69, 9.17) is 11.6 Å². The van der Waals surface area contributed by atoms with Gasteiger partial charge in [0.15, 0.2) is 0 Å². The van der Waals surface area contributed by atoms with Crippen LogP contribution in [0.3, 0.4) is 0 Å². The van der Waals surface area contributed by atoms with E-state index in [-0.39, 0.29) is 6.04 Å². The highest BCUT2D eigenvalue weighted by Gasteiger charge is 2.10. The average Bonchev–Trinajstić information content (AvgIpc) is 2.64. The van der Waals surface area contributed by atoms with Crippen LogP contribution in [0.5, 0.6) is 0 Å². The Bertz CT molecular complexity index is 888. The van der Waals surface area contributed by atoms with Gasteiger partial charge in [0.2, 0.25) is 5.95 Å². The summed E-state index contributed by atoms with van der Waals surface area (Å²) < 4.78 is 1.08. The van der Waals surface area contributed by atoms with Crippen molar-refractivity contribution in [2.45, 2.75) is 26.3 Å². The number of nitrogens with zero attached hydrogens (tertiary/aromatic N) is 3. The third-order valence-electron chi connectivity index (χ3n) is 3.88. The smallest absolute Gasteiger partial charge is 0.225 e. The maximum absolute atomic E-state index is 6.35. The molecule has 5 nitrogen and oxygen atoms in total. The van der Waals surface area contributed by atoms with E-state index in [9.17, 15) is 0 Å². The zero-order chi connectivity index (χ0) is 18.5. The van der Waals surface area contributed by atoms with E-state index in [1.807, 2.05) is 36.4 Å². The van der Waals surface area contributed by atoms with Crippen LogP contribution in [0.15, 0.2) is 48.8 Å². The number of halogens is 2. The highest BCUT2D eigenvalue weighted by Crippen LogP contribution is 2.28. The molecule has 0 unspecified atom stereocenters. The largest absolute Gasteiger partial charge is 0.352 e. The van der Waals surface area contributed by atoms with Gasteiger partial charge in [-0.05, 0) is 66.3 Å². The normalized spacial score (nSPS) is 11.8. The zero-order valence-corrected chi connectivity index (χ0v) is 17.4. The van der Waals surface area contributed by atoms with Crippen LogP contribution in [0, 0.1) is 3.57 Å². The maximum atomic E-state index is 6.35. The second kappa shape index (κ2) is 8.64. The Kier molecular flexibility index (Phi) is 6.26. The van der Waals surface area contributed by atoms with Gasteiger partial charge in [-0.25, -0.2) is 4.98 Å². The fraction of sp³-hybridized carbons (Fsp3) is 0.211. The minimum Gasteiger partial charge on any atom is -0.352 e. The topological polar surface area (TPSA) is 62.7 Å². The lowest BCUT2D eigenvalue weighted by Crippen LogP contribution is -2.16. The van der Waals surface area contributed by atoms with E-state index in [0.717, 1.165) is 26.9 Å². The Labute approximate surface area is 171 Å². The molecule has 0 saturated heterocycles. The van der Waals surface area contributed by atoms with Gasteiger partial charge in [-0.15, -0.1) is 0 Å². The molecule has 0 spiro atoms. The minimum atomic E-state index is 0.275. The minimum absolute atomic E-state index is 0.275. The number of hydrogen-bond acceptors (Lipinski definition) is 5. The van der Waals surface area contributed by atoms with Gasteiger partial charge in [-0.2, -0.15) is 4.98 Å². The first-order valence-electron chi connectivity index (χ1n) is 8.33. The number of hydrogen-bond donors (Lipinski definition) is 2. The standard InChI is InChI=1S/C19H19ClIN5/c1-3-12(2)23-19-25-17(13-6-8-22-9-7-13)11-18(26-19)24-16-5-4-14(21)10-15(16)20/h4-12H,3H2,1-2H3,(H2,23,24,25,26)/t12-/m0/s1. The maximum Gasteiger partial charge on any atom is 0.225 e. The fourth-order valence-corrected chi connectivity index (χ4v) is 3.20. The molecule has 0 amide bonds. The van der Waals surface area contributed by atoms with E-state index >= 15 is 0 Å². The molecule has 2 aromatic heterocycles. The molecule has 7 heteroatoms. The molecule has 0 saturated carbocycles. The van der Waals surface area contributed by atoms with Crippen LogP contribution >= 0.6 is 34.2 Å². The summed E-state index contributed by atoms with van der Waals surface area (Å²) in [6, 6.07) is 11.9. The molecule has 0 aliphatic carbocycles. The van der Waals surface area contributed by atoms with Gasteiger partial charge in [0, 0.05) is 33.6 Å². The molecule has 0 radical (unpaired) electrons. The first-order valence-corrected chi connectivity index (χ1v) is 9.79. The molecule has 0 bridgehead atoms. The van der Waals surface area contributed by atoms with Crippen LogP contribution in [-0.2, 0) is 0 Å². The predicted octanol–water partition coefficient (Wildman–Crippen LogP) is 5.75. The van der Waals surface area contributed by atoms with Crippen molar-refractivity contribution in [3.05, 3.63) is 57.4 Å². The van der Waals surface area contributed by atoms with Gasteiger partial charge in [-0.1, -0.05) is 18.5 Å². The summed E-state index contributed by atoms with van der Waals surface area (Å²) in [5.74, 6) is 1.26. The molecule has 0 fully saturated rings. The Morgan fingerprint density at radius 3 is 2.58 bits per heavy atom. The van der Waals surface area contributed by atoms with E-state index in [1.54, 1.807) is 12.4 Å². The van der Waals surface area contributed by atoms with Gasteiger partial charge < -0.3 is 10.6 Å². The lowest BCUT2D eigenvalue weighted by molar-refractivity contribution is 0.753. The number of pyridine rings is 1. The van der Waals surface area contributed by atoms with Gasteiger partial charge >= 0.3 is 0 Å². The molecule has 0 aliphatic heterocycles. The quantitative estimate of drug-likeness (QED) is 0.441. The molecule has 2 heterocycles. The van der Waals surface area contributed by atoms with Crippen molar-refractivity contribution in [2.24, 2.45) is 0 Å².